The van der Waals surface area contributed by atoms with Gasteiger partial charge in [-0.25, -0.2) is 0 Å². The van der Waals surface area contributed by atoms with E-state index in [1.807, 2.05) is 48.7 Å². The fourth-order valence-corrected chi connectivity index (χ4v) is 6.01. The summed E-state index contributed by atoms with van der Waals surface area (Å²) in [5.74, 6) is -1.83. The number of hydrogen-bond acceptors (Lipinski definition) is 4. The first-order valence-electron chi connectivity index (χ1n) is 9.41. The Morgan fingerprint density at radius 3 is 1.94 bits per heavy atom. The third-order valence-corrected chi connectivity index (χ3v) is 8.34. The van der Waals surface area contributed by atoms with Crippen molar-refractivity contribution in [2.75, 3.05) is 4.90 Å². The van der Waals surface area contributed by atoms with Crippen molar-refractivity contribution in [3.8, 4) is 0 Å². The number of amides is 3. The largest absolute Gasteiger partial charge is 0.300 e. The van der Waals surface area contributed by atoms with Crippen LogP contribution in [-0.4, -0.2) is 28.7 Å². The fourth-order valence-electron chi connectivity index (χ4n) is 4.15. The molecular formula is C22H12Cl4N2O3S. The average Bonchev–Trinajstić information content (AvgIpc) is 3.37. The Bertz CT molecular complexity index is 1280. The van der Waals surface area contributed by atoms with Crippen LogP contribution in [0.3, 0.4) is 0 Å². The van der Waals surface area contributed by atoms with Crippen LogP contribution in [0.5, 0.6) is 0 Å². The van der Waals surface area contributed by atoms with Crippen molar-refractivity contribution in [3.63, 3.8) is 0 Å². The summed E-state index contributed by atoms with van der Waals surface area (Å²) in [6.45, 7) is 1.92. The van der Waals surface area contributed by atoms with Crippen molar-refractivity contribution in [3.05, 3.63) is 83.4 Å². The molecular weight excluding hydrogens is 514 g/mol. The highest BCUT2D eigenvalue weighted by molar-refractivity contribution is 7.10. The minimum atomic E-state index is -1.05. The molecule has 2 aliphatic heterocycles. The zero-order valence-corrected chi connectivity index (χ0v) is 20.1. The standard InChI is InChI=1S/C22H12Cl4N2O3S/c1-9-4-2-5-10(8-9)27-18(11-6-3-7-32-11)19(22(27)31)28-20(29)12-13(21(28)30)15(24)17(26)16(25)14(12)23/h2-8,18-19H,1H3/t18-,19-/m1/s1. The summed E-state index contributed by atoms with van der Waals surface area (Å²) in [5, 5.41) is 1.32. The maximum absolute atomic E-state index is 13.4. The van der Waals surface area contributed by atoms with Gasteiger partial charge in [-0.1, -0.05) is 64.6 Å². The number of hydrogen-bond donors (Lipinski definition) is 0. The molecule has 3 aromatic rings. The number of carbonyl (C=O) groups is 3. The Hall–Kier alpha value is -2.09. The molecule has 0 radical (unpaired) electrons. The van der Waals surface area contributed by atoms with Crippen LogP contribution in [0.2, 0.25) is 20.1 Å². The summed E-state index contributed by atoms with van der Waals surface area (Å²) in [4.78, 5) is 43.4. The summed E-state index contributed by atoms with van der Waals surface area (Å²) in [7, 11) is 0. The number of carbonyl (C=O) groups excluding carboxylic acids is 3. The third-order valence-electron chi connectivity index (χ3n) is 5.59. The lowest BCUT2D eigenvalue weighted by Gasteiger charge is -2.49. The number of anilines is 1. The van der Waals surface area contributed by atoms with Crippen molar-refractivity contribution in [1.82, 2.24) is 4.90 Å². The molecule has 1 saturated heterocycles. The van der Waals surface area contributed by atoms with Crippen LogP contribution in [0, 0.1) is 6.92 Å². The Kier molecular flexibility index (Phi) is 5.26. The second-order valence-corrected chi connectivity index (χ2v) is 9.93. The summed E-state index contributed by atoms with van der Waals surface area (Å²) < 4.78 is 0. The third kappa shape index (κ3) is 2.94. The van der Waals surface area contributed by atoms with E-state index in [1.54, 1.807) is 4.90 Å². The molecule has 0 N–H and O–H groups in total. The van der Waals surface area contributed by atoms with Gasteiger partial charge in [0.05, 0.1) is 31.2 Å². The van der Waals surface area contributed by atoms with E-state index in [2.05, 4.69) is 0 Å². The highest BCUT2D eigenvalue weighted by atomic mass is 35.5. The van der Waals surface area contributed by atoms with Gasteiger partial charge in [-0.3, -0.25) is 24.2 Å². The van der Waals surface area contributed by atoms with Crippen molar-refractivity contribution >= 4 is 81.1 Å². The highest BCUT2D eigenvalue weighted by Gasteiger charge is 2.58. The molecule has 3 amide bonds. The van der Waals surface area contributed by atoms with Crippen molar-refractivity contribution < 1.29 is 14.4 Å². The summed E-state index contributed by atoms with van der Waals surface area (Å²) in [6.07, 6.45) is 0. The summed E-state index contributed by atoms with van der Waals surface area (Å²) in [5.41, 5.74) is 1.39. The van der Waals surface area contributed by atoms with Gasteiger partial charge in [-0.15, -0.1) is 11.3 Å². The number of β-lactam (4-membered cyclic amide) rings is 1. The molecule has 0 unspecified atom stereocenters. The Balaban J connectivity index is 1.62. The van der Waals surface area contributed by atoms with E-state index >= 15 is 0 Å². The Morgan fingerprint density at radius 2 is 1.41 bits per heavy atom. The lowest BCUT2D eigenvalue weighted by atomic mass is 9.90. The van der Waals surface area contributed by atoms with Crippen molar-refractivity contribution in [2.45, 2.75) is 19.0 Å². The van der Waals surface area contributed by atoms with E-state index in [-0.39, 0.29) is 37.1 Å². The van der Waals surface area contributed by atoms with Gasteiger partial charge in [0.25, 0.3) is 17.7 Å². The van der Waals surface area contributed by atoms with Crippen LogP contribution in [0.15, 0.2) is 41.8 Å². The lowest BCUT2D eigenvalue weighted by Crippen LogP contribution is -2.67. The first-order chi connectivity index (χ1) is 15.2. The van der Waals surface area contributed by atoms with Crippen LogP contribution in [0.25, 0.3) is 0 Å². The van der Waals surface area contributed by atoms with Gasteiger partial charge in [-0.2, -0.15) is 0 Å². The van der Waals surface area contributed by atoms with Gasteiger partial charge in [0, 0.05) is 10.6 Å². The van der Waals surface area contributed by atoms with Crippen LogP contribution < -0.4 is 4.90 Å². The van der Waals surface area contributed by atoms with E-state index in [4.69, 9.17) is 46.4 Å². The zero-order chi connectivity index (χ0) is 22.9. The van der Waals surface area contributed by atoms with Gasteiger partial charge in [0.2, 0.25) is 0 Å². The van der Waals surface area contributed by atoms with Crippen molar-refractivity contribution in [1.29, 1.82) is 0 Å². The minimum absolute atomic E-state index is 0.115. The SMILES string of the molecule is Cc1cccc(N2C(=O)[C@H](N3C(=O)c4c(Cl)c(Cl)c(Cl)c(Cl)c4C3=O)[C@H]2c2cccs2)c1. The smallest absolute Gasteiger partial charge is 0.264 e. The Labute approximate surface area is 207 Å². The number of benzene rings is 2. The molecule has 32 heavy (non-hydrogen) atoms. The van der Waals surface area contributed by atoms with Crippen molar-refractivity contribution in [2.24, 2.45) is 0 Å². The molecule has 3 heterocycles. The lowest BCUT2D eigenvalue weighted by molar-refractivity contribution is -0.130. The van der Waals surface area contributed by atoms with Gasteiger partial charge < -0.3 is 0 Å². The second-order valence-electron chi connectivity index (χ2n) is 7.44. The fraction of sp³-hybridized carbons (Fsp3) is 0.136. The van der Waals surface area contributed by atoms with Gasteiger partial charge in [0.1, 0.15) is 12.1 Å². The predicted molar refractivity (Wildman–Crippen MR) is 126 cm³/mol. The molecule has 10 heteroatoms. The molecule has 0 bridgehead atoms. The summed E-state index contributed by atoms with van der Waals surface area (Å²) >= 11 is 26.2. The van der Waals surface area contributed by atoms with Crippen LogP contribution >= 0.6 is 57.7 Å². The Morgan fingerprint density at radius 1 is 0.781 bits per heavy atom. The highest BCUT2D eigenvalue weighted by Crippen LogP contribution is 2.49. The number of fused-ring (bicyclic) bond motifs is 1. The monoisotopic (exact) mass is 524 g/mol. The number of rotatable bonds is 3. The molecule has 0 saturated carbocycles. The van der Waals surface area contributed by atoms with E-state index < -0.39 is 23.9 Å². The normalized spacial score (nSPS) is 20.1. The molecule has 1 aromatic heterocycles. The number of nitrogens with zero attached hydrogens (tertiary/aromatic N) is 2. The first-order valence-corrected chi connectivity index (χ1v) is 11.8. The minimum Gasteiger partial charge on any atom is -0.300 e. The molecule has 2 aliphatic rings. The number of aryl methyl sites for hydroxylation is 1. The van der Waals surface area contributed by atoms with Gasteiger partial charge >= 0.3 is 0 Å². The molecule has 0 aliphatic carbocycles. The maximum atomic E-state index is 13.4. The predicted octanol–water partition coefficient (Wildman–Crippen LogP) is 6.42. The molecule has 5 rings (SSSR count). The summed E-state index contributed by atoms with van der Waals surface area (Å²) in [6, 6.07) is 9.59. The van der Waals surface area contributed by atoms with Crippen LogP contribution in [-0.2, 0) is 4.79 Å². The van der Waals surface area contributed by atoms with Gasteiger partial charge in [-0.05, 0) is 36.1 Å². The number of halogens is 4. The van der Waals surface area contributed by atoms with E-state index in [9.17, 15) is 14.4 Å². The molecule has 0 spiro atoms. The molecule has 5 nitrogen and oxygen atoms in total. The van der Waals surface area contributed by atoms with E-state index in [0.29, 0.717) is 5.69 Å². The van der Waals surface area contributed by atoms with E-state index in [1.165, 1.54) is 11.3 Å². The molecule has 1 fully saturated rings. The second kappa shape index (κ2) is 7.75. The number of thiophene rings is 1. The zero-order valence-electron chi connectivity index (χ0n) is 16.2. The maximum Gasteiger partial charge on any atom is 0.264 e. The van der Waals surface area contributed by atoms with Crippen LogP contribution in [0.1, 0.15) is 37.2 Å². The topological polar surface area (TPSA) is 57.7 Å². The molecule has 2 aromatic carbocycles. The molecule has 2 atom stereocenters. The van der Waals surface area contributed by atoms with Gasteiger partial charge in [0.15, 0.2) is 0 Å². The molecule has 162 valence electrons. The van der Waals surface area contributed by atoms with Crippen LogP contribution in [0.4, 0.5) is 5.69 Å². The number of imide groups is 1. The first kappa shape index (κ1) is 21.7. The average molecular weight is 526 g/mol. The van der Waals surface area contributed by atoms with E-state index in [0.717, 1.165) is 15.3 Å². The quantitative estimate of drug-likeness (QED) is 0.171.